The van der Waals surface area contributed by atoms with E-state index in [0.29, 0.717) is 17.5 Å². The van der Waals surface area contributed by atoms with E-state index >= 15 is 0 Å². The van der Waals surface area contributed by atoms with Crippen molar-refractivity contribution in [1.82, 2.24) is 15.1 Å². The molecule has 0 bridgehead atoms. The van der Waals surface area contributed by atoms with E-state index in [-0.39, 0.29) is 12.6 Å². The molecule has 5 heteroatoms. The molecule has 0 fully saturated rings. The highest BCUT2D eigenvalue weighted by atomic mass is 35.5. The first kappa shape index (κ1) is 13.5. The third-order valence-electron chi connectivity index (χ3n) is 2.79. The number of aromatic nitrogens is 2. The maximum atomic E-state index is 9.20. The molecule has 1 aromatic rings. The second-order valence-corrected chi connectivity index (χ2v) is 4.76. The predicted molar refractivity (Wildman–Crippen MR) is 65.5 cm³/mol. The van der Waals surface area contributed by atoms with Crippen LogP contribution in [0, 0.1) is 12.8 Å². The predicted octanol–water partition coefficient (Wildman–Crippen LogP) is 1.49. The minimum absolute atomic E-state index is 0.0891. The molecule has 0 radical (unpaired) electrons. The average molecular weight is 246 g/mol. The molecule has 1 heterocycles. The van der Waals surface area contributed by atoms with Crippen LogP contribution in [0.4, 0.5) is 0 Å². The molecule has 92 valence electrons. The zero-order valence-electron chi connectivity index (χ0n) is 10.3. The summed E-state index contributed by atoms with van der Waals surface area (Å²) in [4.78, 5) is 0. The first-order chi connectivity index (χ1) is 7.47. The van der Waals surface area contributed by atoms with E-state index in [2.05, 4.69) is 24.3 Å². The molecule has 16 heavy (non-hydrogen) atoms. The number of nitrogens with zero attached hydrogens (tertiary/aromatic N) is 2. The van der Waals surface area contributed by atoms with Gasteiger partial charge < -0.3 is 10.4 Å². The van der Waals surface area contributed by atoms with Gasteiger partial charge in [-0.3, -0.25) is 4.68 Å². The van der Waals surface area contributed by atoms with Crippen molar-refractivity contribution in [2.45, 2.75) is 33.4 Å². The summed E-state index contributed by atoms with van der Waals surface area (Å²) in [6.45, 7) is 6.79. The summed E-state index contributed by atoms with van der Waals surface area (Å²) in [5, 5.41) is 17.4. The summed E-state index contributed by atoms with van der Waals surface area (Å²) in [5.41, 5.74) is 1.80. The van der Waals surface area contributed by atoms with Crippen molar-refractivity contribution in [2.24, 2.45) is 13.0 Å². The Kier molecular flexibility index (Phi) is 4.77. The normalized spacial score (nSPS) is 13.4. The Morgan fingerprint density at radius 2 is 2.12 bits per heavy atom. The quantitative estimate of drug-likeness (QED) is 0.827. The molecule has 0 amide bonds. The summed E-state index contributed by atoms with van der Waals surface area (Å²) < 4.78 is 1.78. The molecule has 0 saturated carbocycles. The van der Waals surface area contributed by atoms with Crippen molar-refractivity contribution in [1.29, 1.82) is 0 Å². The van der Waals surface area contributed by atoms with Gasteiger partial charge in [0.05, 0.1) is 23.0 Å². The van der Waals surface area contributed by atoms with Gasteiger partial charge in [0, 0.05) is 19.6 Å². The molecular formula is C11H20ClN3O. The van der Waals surface area contributed by atoms with Gasteiger partial charge in [0.1, 0.15) is 0 Å². The molecule has 0 unspecified atom stereocenters. The Hall–Kier alpha value is -0.580. The SMILES string of the molecule is Cc1nn(C)c(CN[C@H](CO)C(C)C)c1Cl. The average Bonchev–Trinajstić information content (AvgIpc) is 2.44. The molecule has 0 spiro atoms. The maximum Gasteiger partial charge on any atom is 0.0860 e. The van der Waals surface area contributed by atoms with Crippen LogP contribution < -0.4 is 5.32 Å². The van der Waals surface area contributed by atoms with Crippen LogP contribution in [0.25, 0.3) is 0 Å². The Morgan fingerprint density at radius 3 is 2.50 bits per heavy atom. The highest BCUT2D eigenvalue weighted by Gasteiger charge is 2.15. The molecule has 0 aliphatic carbocycles. The minimum atomic E-state index is 0.0891. The Morgan fingerprint density at radius 1 is 1.50 bits per heavy atom. The first-order valence-electron chi connectivity index (χ1n) is 5.49. The molecule has 1 rings (SSSR count). The van der Waals surface area contributed by atoms with Crippen LogP contribution >= 0.6 is 11.6 Å². The van der Waals surface area contributed by atoms with E-state index in [0.717, 1.165) is 11.4 Å². The highest BCUT2D eigenvalue weighted by molar-refractivity contribution is 6.31. The zero-order valence-corrected chi connectivity index (χ0v) is 11.0. The van der Waals surface area contributed by atoms with Gasteiger partial charge in [0.25, 0.3) is 0 Å². The van der Waals surface area contributed by atoms with Crippen LogP contribution in [-0.2, 0) is 13.6 Å². The fourth-order valence-corrected chi connectivity index (χ4v) is 1.84. The first-order valence-corrected chi connectivity index (χ1v) is 5.87. The molecule has 0 aromatic carbocycles. The lowest BCUT2D eigenvalue weighted by molar-refractivity contribution is 0.209. The van der Waals surface area contributed by atoms with Crippen molar-refractivity contribution >= 4 is 11.6 Å². The van der Waals surface area contributed by atoms with Crippen LogP contribution in [-0.4, -0.2) is 27.5 Å². The van der Waals surface area contributed by atoms with Crippen molar-refractivity contribution in [2.75, 3.05) is 6.61 Å². The van der Waals surface area contributed by atoms with Crippen molar-refractivity contribution in [3.05, 3.63) is 16.4 Å². The van der Waals surface area contributed by atoms with Gasteiger partial charge in [-0.2, -0.15) is 5.10 Å². The van der Waals surface area contributed by atoms with Crippen LogP contribution in [0.2, 0.25) is 5.02 Å². The third-order valence-corrected chi connectivity index (χ3v) is 3.29. The maximum absolute atomic E-state index is 9.20. The van der Waals surface area contributed by atoms with E-state index in [1.807, 2.05) is 14.0 Å². The summed E-state index contributed by atoms with van der Waals surface area (Å²) in [6, 6.07) is 0.0891. The van der Waals surface area contributed by atoms with Crippen LogP contribution in [0.3, 0.4) is 0 Å². The monoisotopic (exact) mass is 245 g/mol. The van der Waals surface area contributed by atoms with E-state index < -0.39 is 0 Å². The number of nitrogens with one attached hydrogen (secondary N) is 1. The van der Waals surface area contributed by atoms with Gasteiger partial charge >= 0.3 is 0 Å². The second kappa shape index (κ2) is 5.66. The lowest BCUT2D eigenvalue weighted by Crippen LogP contribution is -2.37. The summed E-state index contributed by atoms with van der Waals surface area (Å²) in [5.74, 6) is 0.387. The number of hydrogen-bond acceptors (Lipinski definition) is 3. The lowest BCUT2D eigenvalue weighted by Gasteiger charge is -2.20. The van der Waals surface area contributed by atoms with Crippen molar-refractivity contribution < 1.29 is 5.11 Å². The largest absolute Gasteiger partial charge is 0.395 e. The van der Waals surface area contributed by atoms with Gasteiger partial charge in [0.2, 0.25) is 0 Å². The number of aryl methyl sites for hydroxylation is 2. The molecular weight excluding hydrogens is 226 g/mol. The van der Waals surface area contributed by atoms with Gasteiger partial charge in [-0.15, -0.1) is 0 Å². The highest BCUT2D eigenvalue weighted by Crippen LogP contribution is 2.19. The summed E-state index contributed by atoms with van der Waals surface area (Å²) in [7, 11) is 1.87. The Bertz CT molecular complexity index is 349. The van der Waals surface area contributed by atoms with Gasteiger partial charge in [0.15, 0.2) is 0 Å². The topological polar surface area (TPSA) is 50.1 Å². The molecule has 4 nitrogen and oxygen atoms in total. The number of rotatable bonds is 5. The van der Waals surface area contributed by atoms with E-state index in [1.165, 1.54) is 0 Å². The van der Waals surface area contributed by atoms with Gasteiger partial charge in [-0.05, 0) is 12.8 Å². The van der Waals surface area contributed by atoms with E-state index in [1.54, 1.807) is 4.68 Å². The number of halogens is 1. The smallest absolute Gasteiger partial charge is 0.0860 e. The molecule has 0 aliphatic rings. The minimum Gasteiger partial charge on any atom is -0.395 e. The number of aliphatic hydroxyl groups excluding tert-OH is 1. The standard InChI is InChI=1S/C11H20ClN3O/c1-7(2)9(6-16)13-5-10-11(12)8(3)14-15(10)4/h7,9,13,16H,5-6H2,1-4H3/t9-/m1/s1. The van der Waals surface area contributed by atoms with Gasteiger partial charge in [-0.1, -0.05) is 25.4 Å². The lowest BCUT2D eigenvalue weighted by atomic mass is 10.1. The van der Waals surface area contributed by atoms with Gasteiger partial charge in [-0.25, -0.2) is 0 Å². The molecule has 0 aliphatic heterocycles. The number of hydrogen-bond donors (Lipinski definition) is 2. The summed E-state index contributed by atoms with van der Waals surface area (Å²) >= 11 is 6.13. The fraction of sp³-hybridized carbons (Fsp3) is 0.727. The molecule has 2 N–H and O–H groups in total. The fourth-order valence-electron chi connectivity index (χ4n) is 1.61. The van der Waals surface area contributed by atoms with E-state index in [9.17, 15) is 5.11 Å². The Labute approximate surface area is 102 Å². The molecule has 0 saturated heterocycles. The van der Waals surface area contributed by atoms with Crippen molar-refractivity contribution in [3.63, 3.8) is 0 Å². The van der Waals surface area contributed by atoms with E-state index in [4.69, 9.17) is 11.6 Å². The zero-order chi connectivity index (χ0) is 12.3. The Balaban J connectivity index is 2.67. The summed E-state index contributed by atoms with van der Waals surface area (Å²) in [6.07, 6.45) is 0. The third kappa shape index (κ3) is 2.97. The van der Waals surface area contributed by atoms with Crippen LogP contribution in [0.5, 0.6) is 0 Å². The van der Waals surface area contributed by atoms with Crippen LogP contribution in [0.15, 0.2) is 0 Å². The van der Waals surface area contributed by atoms with Crippen LogP contribution in [0.1, 0.15) is 25.2 Å². The molecule has 1 aromatic heterocycles. The second-order valence-electron chi connectivity index (χ2n) is 4.38. The molecule has 1 atom stereocenters. The number of aliphatic hydroxyl groups is 1. The van der Waals surface area contributed by atoms with Crippen molar-refractivity contribution in [3.8, 4) is 0 Å².